The van der Waals surface area contributed by atoms with Gasteiger partial charge in [-0.05, 0) is 18.6 Å². The number of amides is 4. The van der Waals surface area contributed by atoms with E-state index in [9.17, 15) is 19.2 Å². The fourth-order valence-corrected chi connectivity index (χ4v) is 3.28. The fraction of sp³-hybridized carbons (Fsp3) is 0.412. The number of nitrogens with one attached hydrogen (secondary N) is 1. The molecule has 0 spiro atoms. The lowest BCUT2D eigenvalue weighted by molar-refractivity contribution is -0.136. The molecule has 1 aromatic rings. The van der Waals surface area contributed by atoms with Gasteiger partial charge in [-0.2, -0.15) is 0 Å². The van der Waals surface area contributed by atoms with Crippen molar-refractivity contribution in [3.63, 3.8) is 0 Å². The smallest absolute Gasteiger partial charge is 0.266 e. The minimum Gasteiger partial charge on any atom is -0.490 e. The Morgan fingerprint density at radius 2 is 1.92 bits per heavy atom. The SMILES string of the molecule is O=C1CCC(N2C(=O)c3cccc(OCCOCCI)c3C2=O)C(=O)N1. The maximum absolute atomic E-state index is 12.8. The third kappa shape index (κ3) is 3.58. The molecule has 0 radical (unpaired) electrons. The summed E-state index contributed by atoms with van der Waals surface area (Å²) in [5.74, 6) is -1.88. The molecule has 0 aromatic heterocycles. The van der Waals surface area contributed by atoms with Crippen molar-refractivity contribution < 1.29 is 28.7 Å². The first-order valence-corrected chi connectivity index (χ1v) is 9.68. The maximum atomic E-state index is 12.8. The lowest BCUT2D eigenvalue weighted by Crippen LogP contribution is -2.54. The third-order valence-corrected chi connectivity index (χ3v) is 4.58. The Bertz CT molecular complexity index is 766. The standard InChI is InChI=1S/C17H17IN2O6/c18-6-7-25-8-9-26-12-3-1-2-10-14(12)17(24)20(16(10)23)11-4-5-13(21)19-15(11)22/h1-3,11H,4-9H2,(H,19,21,22). The quantitative estimate of drug-likeness (QED) is 0.274. The van der Waals surface area contributed by atoms with Crippen molar-refractivity contribution in [2.24, 2.45) is 0 Å². The van der Waals surface area contributed by atoms with E-state index in [4.69, 9.17) is 9.47 Å². The number of carbonyl (C=O) groups excluding carboxylic acids is 4. The Kier molecular flexibility index (Phi) is 5.87. The fourth-order valence-electron chi connectivity index (χ4n) is 2.97. The summed E-state index contributed by atoms with van der Waals surface area (Å²) in [7, 11) is 0. The summed E-state index contributed by atoms with van der Waals surface area (Å²) in [5.41, 5.74) is 0.349. The summed E-state index contributed by atoms with van der Waals surface area (Å²) in [6, 6.07) is 3.77. The number of halogens is 1. The van der Waals surface area contributed by atoms with E-state index in [0.29, 0.717) is 13.2 Å². The Hall–Kier alpha value is -2.01. The van der Waals surface area contributed by atoms with Crippen LogP contribution in [0.1, 0.15) is 33.6 Å². The van der Waals surface area contributed by atoms with Gasteiger partial charge in [0.15, 0.2) is 0 Å². The number of fused-ring (bicyclic) bond motifs is 1. The van der Waals surface area contributed by atoms with E-state index >= 15 is 0 Å². The van der Waals surface area contributed by atoms with Gasteiger partial charge in [-0.15, -0.1) is 0 Å². The van der Waals surface area contributed by atoms with E-state index < -0.39 is 29.7 Å². The average molecular weight is 472 g/mol. The molecule has 9 heteroatoms. The zero-order valence-corrected chi connectivity index (χ0v) is 16.0. The molecule has 8 nitrogen and oxygen atoms in total. The van der Waals surface area contributed by atoms with Crippen LogP contribution in [-0.4, -0.2) is 58.8 Å². The molecule has 1 atom stereocenters. The summed E-state index contributed by atoms with van der Waals surface area (Å²) in [6.07, 6.45) is 0.206. The predicted molar refractivity (Wildman–Crippen MR) is 98.3 cm³/mol. The number of alkyl halides is 1. The number of rotatable bonds is 7. The largest absolute Gasteiger partial charge is 0.490 e. The minimum atomic E-state index is -0.986. The predicted octanol–water partition coefficient (Wildman–Crippen LogP) is 0.918. The summed E-state index contributed by atoms with van der Waals surface area (Å²) in [4.78, 5) is 49.8. The molecule has 1 fully saturated rings. The molecule has 1 aromatic carbocycles. The molecule has 0 saturated carbocycles. The van der Waals surface area contributed by atoms with Crippen molar-refractivity contribution in [2.45, 2.75) is 18.9 Å². The number of nitrogens with zero attached hydrogens (tertiary/aromatic N) is 1. The van der Waals surface area contributed by atoms with Gasteiger partial charge in [0.05, 0.1) is 24.3 Å². The number of hydrogen-bond acceptors (Lipinski definition) is 6. The zero-order valence-electron chi connectivity index (χ0n) is 13.8. The van der Waals surface area contributed by atoms with Crippen LogP contribution in [0.3, 0.4) is 0 Å². The number of hydrogen-bond donors (Lipinski definition) is 1. The van der Waals surface area contributed by atoms with Crippen molar-refractivity contribution in [1.29, 1.82) is 0 Å². The van der Waals surface area contributed by atoms with Gasteiger partial charge < -0.3 is 9.47 Å². The Morgan fingerprint density at radius 1 is 1.12 bits per heavy atom. The van der Waals surface area contributed by atoms with Crippen LogP contribution in [0, 0.1) is 0 Å². The van der Waals surface area contributed by atoms with Gasteiger partial charge in [-0.1, -0.05) is 28.7 Å². The van der Waals surface area contributed by atoms with Crippen LogP contribution in [0.2, 0.25) is 0 Å². The van der Waals surface area contributed by atoms with Crippen molar-refractivity contribution in [3.8, 4) is 5.75 Å². The van der Waals surface area contributed by atoms with E-state index in [1.165, 1.54) is 6.07 Å². The molecule has 0 bridgehead atoms. The van der Waals surface area contributed by atoms with Crippen molar-refractivity contribution >= 4 is 46.2 Å². The third-order valence-electron chi connectivity index (χ3n) is 4.14. The summed E-state index contributed by atoms with van der Waals surface area (Å²) < 4.78 is 11.8. The van der Waals surface area contributed by atoms with Crippen LogP contribution in [0.5, 0.6) is 5.75 Å². The van der Waals surface area contributed by atoms with E-state index in [1.807, 2.05) is 0 Å². The molecule has 0 aliphatic carbocycles. The number of ether oxygens (including phenoxy) is 2. The van der Waals surface area contributed by atoms with Crippen LogP contribution in [0.15, 0.2) is 18.2 Å². The highest BCUT2D eigenvalue weighted by molar-refractivity contribution is 14.1. The maximum Gasteiger partial charge on any atom is 0.266 e. The van der Waals surface area contributed by atoms with Crippen LogP contribution in [0.4, 0.5) is 0 Å². The highest BCUT2D eigenvalue weighted by Gasteiger charge is 2.45. The highest BCUT2D eigenvalue weighted by Crippen LogP contribution is 2.33. The van der Waals surface area contributed by atoms with Crippen molar-refractivity contribution in [2.75, 3.05) is 24.2 Å². The monoisotopic (exact) mass is 472 g/mol. The van der Waals surface area contributed by atoms with E-state index in [1.54, 1.807) is 12.1 Å². The number of carbonyl (C=O) groups is 4. The van der Waals surface area contributed by atoms with Gasteiger partial charge >= 0.3 is 0 Å². The molecule has 1 N–H and O–H groups in total. The Labute approximate surface area is 163 Å². The molecule has 2 heterocycles. The molecule has 3 rings (SSSR count). The lowest BCUT2D eigenvalue weighted by atomic mass is 10.0. The Morgan fingerprint density at radius 3 is 2.65 bits per heavy atom. The van der Waals surface area contributed by atoms with Gasteiger partial charge in [-0.25, -0.2) is 0 Å². The first-order valence-electron chi connectivity index (χ1n) is 8.15. The van der Waals surface area contributed by atoms with E-state index in [-0.39, 0.29) is 36.3 Å². The molecule has 1 saturated heterocycles. The second-order valence-corrected chi connectivity index (χ2v) is 6.85. The number of piperidine rings is 1. The second-order valence-electron chi connectivity index (χ2n) is 5.78. The topological polar surface area (TPSA) is 102 Å². The molecule has 138 valence electrons. The number of benzene rings is 1. The lowest BCUT2D eigenvalue weighted by Gasteiger charge is -2.27. The first-order chi connectivity index (χ1) is 12.5. The van der Waals surface area contributed by atoms with Crippen LogP contribution in [-0.2, 0) is 14.3 Å². The first kappa shape index (κ1) is 18.8. The van der Waals surface area contributed by atoms with Crippen LogP contribution >= 0.6 is 22.6 Å². The average Bonchev–Trinajstić information content (AvgIpc) is 2.87. The normalized spacial score (nSPS) is 19.6. The molecule has 26 heavy (non-hydrogen) atoms. The number of imide groups is 2. The van der Waals surface area contributed by atoms with Gasteiger partial charge in [0.1, 0.15) is 18.4 Å². The molecule has 4 amide bonds. The van der Waals surface area contributed by atoms with Gasteiger partial charge in [-0.3, -0.25) is 29.4 Å². The highest BCUT2D eigenvalue weighted by atomic mass is 127. The van der Waals surface area contributed by atoms with E-state index in [2.05, 4.69) is 27.9 Å². The summed E-state index contributed by atoms with van der Waals surface area (Å²) >= 11 is 2.20. The van der Waals surface area contributed by atoms with Gasteiger partial charge in [0, 0.05) is 10.8 Å². The minimum absolute atomic E-state index is 0.0846. The van der Waals surface area contributed by atoms with Gasteiger partial charge in [0.2, 0.25) is 11.8 Å². The molecule has 2 aliphatic heterocycles. The second kappa shape index (κ2) is 8.12. The Balaban J connectivity index is 1.78. The van der Waals surface area contributed by atoms with Crippen molar-refractivity contribution in [1.82, 2.24) is 10.2 Å². The molecular formula is C17H17IN2O6. The van der Waals surface area contributed by atoms with Crippen molar-refractivity contribution in [3.05, 3.63) is 29.3 Å². The van der Waals surface area contributed by atoms with E-state index in [0.717, 1.165) is 9.33 Å². The van der Waals surface area contributed by atoms with Crippen LogP contribution in [0.25, 0.3) is 0 Å². The summed E-state index contributed by atoms with van der Waals surface area (Å²) in [5, 5.41) is 2.17. The molecule has 2 aliphatic rings. The molecular weight excluding hydrogens is 455 g/mol. The zero-order chi connectivity index (χ0) is 18.7. The van der Waals surface area contributed by atoms with Gasteiger partial charge in [0.25, 0.3) is 11.8 Å². The molecule has 1 unspecified atom stereocenters. The van der Waals surface area contributed by atoms with Crippen LogP contribution < -0.4 is 10.1 Å². The summed E-state index contributed by atoms with van der Waals surface area (Å²) in [6.45, 7) is 1.22.